The van der Waals surface area contributed by atoms with Crippen molar-refractivity contribution in [3.63, 3.8) is 0 Å². The fourth-order valence-electron chi connectivity index (χ4n) is 4.45. The molecule has 2 aliphatic rings. The summed E-state index contributed by atoms with van der Waals surface area (Å²) in [5, 5.41) is 3.06. The van der Waals surface area contributed by atoms with Gasteiger partial charge in [-0.3, -0.25) is 4.57 Å². The van der Waals surface area contributed by atoms with E-state index in [1.807, 2.05) is 13.8 Å². The van der Waals surface area contributed by atoms with Crippen molar-refractivity contribution < 1.29 is 26.7 Å². The summed E-state index contributed by atoms with van der Waals surface area (Å²) in [4.78, 5) is 12.9. The van der Waals surface area contributed by atoms with Gasteiger partial charge in [-0.15, -0.1) is 0 Å². The third-order valence-electron chi connectivity index (χ3n) is 6.15. The molecule has 0 spiro atoms. The number of fused-ring (bicyclic) bond motifs is 1. The Kier molecular flexibility index (Phi) is 6.61. The van der Waals surface area contributed by atoms with Gasteiger partial charge in [0.15, 0.2) is 21.3 Å². The van der Waals surface area contributed by atoms with Gasteiger partial charge in [0, 0.05) is 24.5 Å². The Morgan fingerprint density at radius 1 is 1.19 bits per heavy atom. The van der Waals surface area contributed by atoms with Crippen molar-refractivity contribution in [3.8, 4) is 0 Å². The minimum atomic E-state index is -3.72. The van der Waals surface area contributed by atoms with E-state index in [2.05, 4.69) is 20.3 Å². The van der Waals surface area contributed by atoms with E-state index < -0.39 is 33.9 Å². The average molecular weight is 554 g/mol. The van der Waals surface area contributed by atoms with Crippen molar-refractivity contribution in [3.05, 3.63) is 40.8 Å². The van der Waals surface area contributed by atoms with Crippen LogP contribution in [0.4, 0.5) is 20.2 Å². The first-order valence-corrected chi connectivity index (χ1v) is 14.0. The molecule has 9 nitrogen and oxygen atoms in total. The summed E-state index contributed by atoms with van der Waals surface area (Å²) in [7, 11) is -3.72. The zero-order chi connectivity index (χ0) is 26.5. The van der Waals surface area contributed by atoms with E-state index >= 15 is 0 Å². The lowest BCUT2D eigenvalue weighted by atomic mass is 10.1. The second-order valence-electron chi connectivity index (χ2n) is 9.75. The van der Waals surface area contributed by atoms with Crippen LogP contribution in [0.5, 0.6) is 0 Å². The van der Waals surface area contributed by atoms with Crippen LogP contribution in [0.3, 0.4) is 0 Å². The Labute approximate surface area is 217 Å². The molecule has 0 radical (unpaired) electrons. The zero-order valence-electron chi connectivity index (χ0n) is 20.5. The predicted octanol–water partition coefficient (Wildman–Crippen LogP) is 5.42. The highest BCUT2D eigenvalue weighted by molar-refractivity contribution is 7.90. The van der Waals surface area contributed by atoms with Crippen LogP contribution in [0.25, 0.3) is 11.2 Å². The molecular formula is C24H26ClF2N5O4S. The molecule has 0 bridgehead atoms. The highest BCUT2D eigenvalue weighted by atomic mass is 35.5. The molecule has 13 heteroatoms. The number of nitrogens with zero attached hydrogens (tertiary/aromatic N) is 4. The van der Waals surface area contributed by atoms with Crippen LogP contribution in [0.2, 0.25) is 5.15 Å². The highest BCUT2D eigenvalue weighted by Crippen LogP contribution is 2.37. The molecule has 1 aromatic carbocycles. The quantitative estimate of drug-likeness (QED) is 0.406. The third-order valence-corrected chi connectivity index (χ3v) is 7.48. The molecule has 0 aliphatic carbocycles. The standard InChI is InChI=1S/C24H26ClF2N5O4S/c1-24(2)12-36-23(31-24)13-7-8-14(16(10-13)37(3,33)34)28-15-11-17(25)29-21-19(15)30-22(20(26)27)32(21)18-6-4-5-9-35-18/h7-8,10-11,18,20H,4-6,9,12H2,1-3H3,(H,28,29). The smallest absolute Gasteiger partial charge is 0.295 e. The summed E-state index contributed by atoms with van der Waals surface area (Å²) < 4.78 is 66.2. The molecule has 37 heavy (non-hydrogen) atoms. The number of ether oxygens (including phenoxy) is 2. The summed E-state index contributed by atoms with van der Waals surface area (Å²) in [5.41, 5.74) is 0.802. The largest absolute Gasteiger partial charge is 0.475 e. The SMILES string of the molecule is CC1(C)COC(c2ccc(Nc3cc(Cl)nc4c3nc(C(F)F)n4C3CCCCO3)c(S(C)(=O)=O)c2)=N1. The maximum atomic E-state index is 14.0. The van der Waals surface area contributed by atoms with Gasteiger partial charge >= 0.3 is 0 Å². The number of imidazole rings is 1. The summed E-state index contributed by atoms with van der Waals surface area (Å²) in [6.45, 7) is 4.65. The molecule has 2 aromatic heterocycles. The second-order valence-corrected chi connectivity index (χ2v) is 12.1. The fraction of sp³-hybridized carbons (Fsp3) is 0.458. The van der Waals surface area contributed by atoms with E-state index in [0.717, 1.165) is 19.1 Å². The Balaban J connectivity index is 1.61. The molecule has 5 rings (SSSR count). The molecule has 1 unspecified atom stereocenters. The lowest BCUT2D eigenvalue weighted by molar-refractivity contribution is -0.0363. The van der Waals surface area contributed by atoms with E-state index in [-0.39, 0.29) is 32.6 Å². The van der Waals surface area contributed by atoms with Crippen molar-refractivity contribution in [2.75, 3.05) is 24.8 Å². The zero-order valence-corrected chi connectivity index (χ0v) is 22.0. The number of hydrogen-bond acceptors (Lipinski definition) is 8. The summed E-state index contributed by atoms with van der Waals surface area (Å²) in [5.74, 6) is -0.138. The number of alkyl halides is 2. The van der Waals surface area contributed by atoms with Crippen molar-refractivity contribution >= 4 is 49.9 Å². The number of pyridine rings is 1. The first kappa shape index (κ1) is 25.8. The highest BCUT2D eigenvalue weighted by Gasteiger charge is 2.30. The number of anilines is 2. The van der Waals surface area contributed by atoms with Crippen molar-refractivity contribution in [2.24, 2.45) is 4.99 Å². The minimum absolute atomic E-state index is 0.0220. The molecule has 3 aromatic rings. The monoisotopic (exact) mass is 553 g/mol. The number of sulfone groups is 1. The molecule has 2 aliphatic heterocycles. The van der Waals surface area contributed by atoms with Crippen LogP contribution in [0.15, 0.2) is 34.2 Å². The Bertz CT molecular complexity index is 1500. The summed E-state index contributed by atoms with van der Waals surface area (Å²) in [6, 6.07) is 6.14. The third kappa shape index (κ3) is 5.14. The molecule has 1 atom stereocenters. The Morgan fingerprint density at radius 3 is 2.59 bits per heavy atom. The molecular weight excluding hydrogens is 528 g/mol. The minimum Gasteiger partial charge on any atom is -0.475 e. The number of halogens is 3. The van der Waals surface area contributed by atoms with E-state index in [9.17, 15) is 17.2 Å². The predicted molar refractivity (Wildman–Crippen MR) is 136 cm³/mol. The van der Waals surface area contributed by atoms with Crippen molar-refractivity contribution in [1.82, 2.24) is 14.5 Å². The summed E-state index contributed by atoms with van der Waals surface area (Å²) >= 11 is 6.29. The maximum Gasteiger partial charge on any atom is 0.295 e. The number of benzene rings is 1. The first-order valence-electron chi connectivity index (χ1n) is 11.8. The molecule has 198 valence electrons. The second kappa shape index (κ2) is 9.48. The topological polar surface area (TPSA) is 108 Å². The van der Waals surface area contributed by atoms with E-state index in [1.54, 1.807) is 12.1 Å². The summed E-state index contributed by atoms with van der Waals surface area (Å²) in [6.07, 6.45) is -0.262. The van der Waals surface area contributed by atoms with Gasteiger partial charge in [-0.05, 0) is 51.3 Å². The van der Waals surface area contributed by atoms with E-state index in [0.29, 0.717) is 31.1 Å². The number of hydrogen-bond donors (Lipinski definition) is 1. The van der Waals surface area contributed by atoms with Crippen LogP contribution in [0.1, 0.15) is 57.2 Å². The number of aliphatic imine (C=N–C) groups is 1. The van der Waals surface area contributed by atoms with Gasteiger partial charge in [0.25, 0.3) is 6.43 Å². The lowest BCUT2D eigenvalue weighted by Crippen LogP contribution is -2.20. The van der Waals surface area contributed by atoms with Gasteiger partial charge < -0.3 is 14.8 Å². The average Bonchev–Trinajstić information content (AvgIpc) is 3.39. The van der Waals surface area contributed by atoms with Gasteiger partial charge in [-0.2, -0.15) is 0 Å². The van der Waals surface area contributed by atoms with Gasteiger partial charge in [0.05, 0.1) is 21.8 Å². The molecule has 1 N–H and O–H groups in total. The van der Waals surface area contributed by atoms with E-state index in [4.69, 9.17) is 21.1 Å². The van der Waals surface area contributed by atoms with Crippen LogP contribution in [0, 0.1) is 0 Å². The lowest BCUT2D eigenvalue weighted by Gasteiger charge is -2.25. The van der Waals surface area contributed by atoms with Crippen LogP contribution < -0.4 is 5.32 Å². The van der Waals surface area contributed by atoms with Gasteiger partial charge in [-0.1, -0.05) is 11.6 Å². The fourth-order valence-corrected chi connectivity index (χ4v) is 5.50. The number of rotatable bonds is 6. The number of nitrogens with one attached hydrogen (secondary N) is 1. The van der Waals surface area contributed by atoms with Crippen LogP contribution in [-0.2, 0) is 19.3 Å². The molecule has 0 saturated carbocycles. The van der Waals surface area contributed by atoms with Gasteiger partial charge in [-0.25, -0.2) is 32.2 Å². The van der Waals surface area contributed by atoms with Gasteiger partial charge in [0.2, 0.25) is 5.90 Å². The van der Waals surface area contributed by atoms with Crippen molar-refractivity contribution in [2.45, 2.75) is 56.2 Å². The van der Waals surface area contributed by atoms with Gasteiger partial charge in [0.1, 0.15) is 23.5 Å². The molecule has 4 heterocycles. The Hall–Kier alpha value is -2.83. The molecule has 1 saturated heterocycles. The van der Waals surface area contributed by atoms with E-state index in [1.165, 1.54) is 16.7 Å². The maximum absolute atomic E-state index is 14.0. The van der Waals surface area contributed by atoms with Crippen LogP contribution >= 0.6 is 11.6 Å². The molecule has 0 amide bonds. The number of aromatic nitrogens is 3. The Morgan fingerprint density at radius 2 is 1.97 bits per heavy atom. The normalized spacial score (nSPS) is 19.8. The molecule has 1 fully saturated rings. The van der Waals surface area contributed by atoms with Crippen molar-refractivity contribution in [1.29, 1.82) is 0 Å². The van der Waals surface area contributed by atoms with Crippen LogP contribution in [-0.4, -0.2) is 53.9 Å². The first-order chi connectivity index (χ1) is 17.4.